The summed E-state index contributed by atoms with van der Waals surface area (Å²) in [6.07, 6.45) is 3.71. The fourth-order valence-corrected chi connectivity index (χ4v) is 5.86. The van der Waals surface area contributed by atoms with E-state index in [0.717, 1.165) is 50.4 Å². The largest absolute Gasteiger partial charge is 0.354 e. The Bertz CT molecular complexity index is 1030. The molecule has 1 N–H and O–H groups in total. The Balaban J connectivity index is 1.46. The van der Waals surface area contributed by atoms with Gasteiger partial charge in [-0.05, 0) is 51.1 Å². The van der Waals surface area contributed by atoms with Crippen LogP contribution >= 0.6 is 0 Å². The van der Waals surface area contributed by atoms with Crippen LogP contribution in [0, 0.1) is 6.92 Å². The summed E-state index contributed by atoms with van der Waals surface area (Å²) in [6.45, 7) is 6.08. The molecule has 9 heteroatoms. The van der Waals surface area contributed by atoms with Crippen molar-refractivity contribution >= 4 is 27.4 Å². The Morgan fingerprint density at radius 1 is 1.00 bits per heavy atom. The Morgan fingerprint density at radius 3 is 2.38 bits per heavy atom. The highest BCUT2D eigenvalue weighted by Crippen LogP contribution is 2.27. The molecular formula is C23H31N5O3S. The second-order valence-corrected chi connectivity index (χ2v) is 10.5. The zero-order valence-electron chi connectivity index (χ0n) is 18.7. The highest BCUT2D eigenvalue weighted by molar-refractivity contribution is 7.89. The molecule has 3 heterocycles. The first kappa shape index (κ1) is 22.7. The summed E-state index contributed by atoms with van der Waals surface area (Å²) >= 11 is 0. The predicted octanol–water partition coefficient (Wildman–Crippen LogP) is 2.32. The maximum absolute atomic E-state index is 13.2. The number of carbonyl (C=O) groups excluding carboxylic acids is 1. The first-order valence-corrected chi connectivity index (χ1v) is 12.6. The summed E-state index contributed by atoms with van der Waals surface area (Å²) in [4.78, 5) is 22.3. The zero-order valence-corrected chi connectivity index (χ0v) is 19.5. The number of hydrogen-bond acceptors (Lipinski definition) is 6. The summed E-state index contributed by atoms with van der Waals surface area (Å²) in [5, 5.41) is 2.88. The van der Waals surface area contributed by atoms with Crippen molar-refractivity contribution in [2.45, 2.75) is 37.1 Å². The molecule has 4 rings (SSSR count). The molecule has 1 aromatic heterocycles. The molecule has 2 aliphatic heterocycles. The van der Waals surface area contributed by atoms with Crippen LogP contribution in [0.5, 0.6) is 0 Å². The van der Waals surface area contributed by atoms with Crippen molar-refractivity contribution in [3.8, 4) is 0 Å². The van der Waals surface area contributed by atoms with Crippen molar-refractivity contribution in [2.24, 2.45) is 0 Å². The number of rotatable bonds is 5. The van der Waals surface area contributed by atoms with E-state index in [2.05, 4.69) is 27.1 Å². The topological polar surface area (TPSA) is 85.8 Å². The van der Waals surface area contributed by atoms with Crippen LogP contribution in [0.25, 0.3) is 0 Å². The van der Waals surface area contributed by atoms with E-state index in [1.807, 2.05) is 19.1 Å². The van der Waals surface area contributed by atoms with Gasteiger partial charge in [0.2, 0.25) is 15.9 Å². The smallest absolute Gasteiger partial charge is 0.243 e. The van der Waals surface area contributed by atoms with Gasteiger partial charge in [-0.25, -0.2) is 13.4 Å². The van der Waals surface area contributed by atoms with Crippen molar-refractivity contribution in [2.75, 3.05) is 50.0 Å². The van der Waals surface area contributed by atoms with Gasteiger partial charge in [-0.3, -0.25) is 4.79 Å². The van der Waals surface area contributed by atoms with Crippen LogP contribution < -0.4 is 10.2 Å². The third-order valence-corrected chi connectivity index (χ3v) is 8.15. The number of amides is 1. The van der Waals surface area contributed by atoms with Gasteiger partial charge in [0.15, 0.2) is 0 Å². The van der Waals surface area contributed by atoms with Crippen molar-refractivity contribution in [3.63, 3.8) is 0 Å². The number of nitrogens with zero attached hydrogens (tertiary/aromatic N) is 4. The van der Waals surface area contributed by atoms with Crippen LogP contribution in [-0.4, -0.2) is 74.3 Å². The minimum absolute atomic E-state index is 0.223. The number of pyridine rings is 1. The summed E-state index contributed by atoms with van der Waals surface area (Å²) in [7, 11) is -1.64. The number of piperazine rings is 1. The number of hydrogen-bond donors (Lipinski definition) is 1. The van der Waals surface area contributed by atoms with E-state index in [1.54, 1.807) is 30.5 Å². The van der Waals surface area contributed by atoms with E-state index in [9.17, 15) is 13.2 Å². The standard InChI is InChI=1S/C23H31N5O3S/c1-18-6-9-20(10-7-18)32(30,31)28-12-4-3-5-21(28)23(29)25-19-8-11-22(24-17-19)27-15-13-26(2)14-16-27/h6-11,17,21H,3-5,12-16H2,1-2H3,(H,25,29)/t21-/m0/s1. The maximum Gasteiger partial charge on any atom is 0.243 e. The van der Waals surface area contributed by atoms with Gasteiger partial charge in [0, 0.05) is 32.7 Å². The van der Waals surface area contributed by atoms with Crippen molar-refractivity contribution < 1.29 is 13.2 Å². The van der Waals surface area contributed by atoms with Gasteiger partial charge in [0.25, 0.3) is 0 Å². The van der Waals surface area contributed by atoms with Crippen LogP contribution in [0.4, 0.5) is 11.5 Å². The number of anilines is 2. The summed E-state index contributed by atoms with van der Waals surface area (Å²) in [6, 6.07) is 9.78. The molecule has 1 atom stereocenters. The molecule has 0 saturated carbocycles. The molecule has 2 aliphatic rings. The van der Waals surface area contributed by atoms with Gasteiger partial charge in [0.1, 0.15) is 11.9 Å². The fourth-order valence-electron chi connectivity index (χ4n) is 4.21. The van der Waals surface area contributed by atoms with Gasteiger partial charge >= 0.3 is 0 Å². The molecule has 2 aromatic rings. The van der Waals surface area contributed by atoms with Gasteiger partial charge in [0.05, 0.1) is 16.8 Å². The summed E-state index contributed by atoms with van der Waals surface area (Å²) in [5.41, 5.74) is 1.57. The molecule has 8 nitrogen and oxygen atoms in total. The summed E-state index contributed by atoms with van der Waals surface area (Å²) < 4.78 is 27.8. The Morgan fingerprint density at radius 2 is 1.72 bits per heavy atom. The fraction of sp³-hybridized carbons (Fsp3) is 0.478. The lowest BCUT2D eigenvalue weighted by atomic mass is 10.0. The molecule has 1 amide bonds. The molecule has 0 bridgehead atoms. The number of aryl methyl sites for hydroxylation is 1. The number of nitrogens with one attached hydrogen (secondary N) is 1. The molecule has 0 spiro atoms. The molecule has 0 radical (unpaired) electrons. The number of carbonyl (C=O) groups is 1. The number of aromatic nitrogens is 1. The normalized spacial score (nSPS) is 20.8. The van der Waals surface area contributed by atoms with Crippen LogP contribution in [0.3, 0.4) is 0 Å². The molecule has 0 unspecified atom stereocenters. The molecule has 32 heavy (non-hydrogen) atoms. The molecule has 0 aliphatic carbocycles. The number of benzene rings is 1. The first-order chi connectivity index (χ1) is 15.3. The van der Waals surface area contributed by atoms with E-state index in [0.29, 0.717) is 18.7 Å². The molecule has 1 aromatic carbocycles. The zero-order chi connectivity index (χ0) is 22.7. The second kappa shape index (κ2) is 9.56. The third kappa shape index (κ3) is 4.95. The quantitative estimate of drug-likeness (QED) is 0.742. The van der Waals surface area contributed by atoms with Crippen LogP contribution in [0.15, 0.2) is 47.5 Å². The van der Waals surface area contributed by atoms with Gasteiger partial charge < -0.3 is 15.1 Å². The van der Waals surface area contributed by atoms with Crippen LogP contribution in [0.2, 0.25) is 0 Å². The lowest BCUT2D eigenvalue weighted by Crippen LogP contribution is -2.49. The van der Waals surface area contributed by atoms with E-state index in [-0.39, 0.29) is 10.8 Å². The third-order valence-electron chi connectivity index (χ3n) is 6.23. The van der Waals surface area contributed by atoms with Gasteiger partial charge in [-0.1, -0.05) is 24.1 Å². The molecule has 172 valence electrons. The SMILES string of the molecule is Cc1ccc(S(=O)(=O)N2CCCC[C@H]2C(=O)Nc2ccc(N3CCN(C)CC3)nc2)cc1. The average molecular weight is 458 g/mol. The Labute approximate surface area is 190 Å². The van der Waals surface area contributed by atoms with Crippen molar-refractivity contribution in [3.05, 3.63) is 48.2 Å². The number of likely N-dealkylation sites (N-methyl/N-ethyl adjacent to an activating group) is 1. The minimum Gasteiger partial charge on any atom is -0.354 e. The lowest BCUT2D eigenvalue weighted by Gasteiger charge is -2.34. The van der Waals surface area contributed by atoms with Crippen molar-refractivity contribution in [1.82, 2.24) is 14.2 Å². The maximum atomic E-state index is 13.2. The van der Waals surface area contributed by atoms with Crippen LogP contribution in [-0.2, 0) is 14.8 Å². The Hall–Kier alpha value is -2.49. The van der Waals surface area contributed by atoms with E-state index >= 15 is 0 Å². The van der Waals surface area contributed by atoms with E-state index in [4.69, 9.17) is 0 Å². The highest BCUT2D eigenvalue weighted by Gasteiger charge is 2.37. The van der Waals surface area contributed by atoms with Gasteiger partial charge in [-0.15, -0.1) is 0 Å². The molecular weight excluding hydrogens is 426 g/mol. The average Bonchev–Trinajstić information content (AvgIpc) is 2.80. The van der Waals surface area contributed by atoms with Crippen LogP contribution in [0.1, 0.15) is 24.8 Å². The van der Waals surface area contributed by atoms with Gasteiger partial charge in [-0.2, -0.15) is 4.31 Å². The number of piperidine rings is 1. The second-order valence-electron chi connectivity index (χ2n) is 8.63. The number of sulfonamides is 1. The highest BCUT2D eigenvalue weighted by atomic mass is 32.2. The monoisotopic (exact) mass is 457 g/mol. The molecule has 2 fully saturated rings. The van der Waals surface area contributed by atoms with E-state index in [1.165, 1.54) is 4.31 Å². The Kier molecular flexibility index (Phi) is 6.78. The van der Waals surface area contributed by atoms with Crippen molar-refractivity contribution in [1.29, 1.82) is 0 Å². The first-order valence-electron chi connectivity index (χ1n) is 11.1. The summed E-state index contributed by atoms with van der Waals surface area (Å²) in [5.74, 6) is 0.576. The minimum atomic E-state index is -3.74. The lowest BCUT2D eigenvalue weighted by molar-refractivity contribution is -0.120. The molecule has 2 saturated heterocycles. The predicted molar refractivity (Wildman–Crippen MR) is 125 cm³/mol. The van der Waals surface area contributed by atoms with E-state index < -0.39 is 16.1 Å².